The summed E-state index contributed by atoms with van der Waals surface area (Å²) in [4.78, 5) is 14.3. The molecular weight excluding hydrogens is 608 g/mol. The van der Waals surface area contributed by atoms with Gasteiger partial charge in [-0.05, 0) is 65.4 Å². The van der Waals surface area contributed by atoms with Crippen LogP contribution in [0.4, 0.5) is 0 Å². The molecular formula is C40H64O8. The summed E-state index contributed by atoms with van der Waals surface area (Å²) in [7, 11) is 1.61. The summed E-state index contributed by atoms with van der Waals surface area (Å²) in [6.07, 6.45) is 6.41. The van der Waals surface area contributed by atoms with Gasteiger partial charge in [0, 0.05) is 19.8 Å². The normalized spacial score (nSPS) is 18.4. The third kappa shape index (κ3) is 13.2. The topological polar surface area (TPSA) is 81.7 Å². The molecule has 2 atom stereocenters. The zero-order valence-electron chi connectivity index (χ0n) is 32.0. The summed E-state index contributed by atoms with van der Waals surface area (Å²) >= 11 is 0. The Morgan fingerprint density at radius 1 is 0.688 bits per heavy atom. The number of carbonyl (C=O) groups is 1. The SMILES string of the molecule is COC1(OCC(C)C)C=C(OCC(C)C)C=C(/C=C/C(=O)c2c(OCC(C)C)ccc(OCC(C)C)c2OCC(C)C)C1OCC(C)C. The lowest BCUT2D eigenvalue weighted by molar-refractivity contribution is -0.248. The van der Waals surface area contributed by atoms with Crippen LogP contribution in [0.3, 0.4) is 0 Å². The van der Waals surface area contributed by atoms with Crippen LogP contribution in [0.1, 0.15) is 93.4 Å². The maximum atomic E-state index is 14.3. The number of carbonyl (C=O) groups excluding carboxylic acids is 1. The third-order valence-corrected chi connectivity index (χ3v) is 6.92. The van der Waals surface area contributed by atoms with Gasteiger partial charge >= 0.3 is 0 Å². The Morgan fingerprint density at radius 2 is 1.19 bits per heavy atom. The average Bonchev–Trinajstić information content (AvgIpc) is 3.01. The highest BCUT2D eigenvalue weighted by molar-refractivity contribution is 6.09. The molecule has 2 unspecified atom stereocenters. The molecule has 2 rings (SSSR count). The van der Waals surface area contributed by atoms with Crippen LogP contribution in [0.15, 0.2) is 47.8 Å². The first kappa shape index (κ1) is 41.4. The number of hydrogen-bond acceptors (Lipinski definition) is 8. The first-order chi connectivity index (χ1) is 22.6. The second-order valence-corrected chi connectivity index (χ2v) is 15.2. The van der Waals surface area contributed by atoms with Crippen molar-refractivity contribution in [2.75, 3.05) is 46.8 Å². The van der Waals surface area contributed by atoms with Crippen LogP contribution < -0.4 is 14.2 Å². The Hall–Kier alpha value is -2.81. The summed E-state index contributed by atoms with van der Waals surface area (Å²) < 4.78 is 44.0. The Labute approximate surface area is 291 Å². The minimum Gasteiger partial charge on any atom is -0.493 e. The smallest absolute Gasteiger partial charge is 0.222 e. The van der Waals surface area contributed by atoms with E-state index in [1.165, 1.54) is 6.08 Å². The zero-order valence-corrected chi connectivity index (χ0v) is 32.0. The summed E-state index contributed by atoms with van der Waals surface area (Å²) in [5.41, 5.74) is 1.02. The average molecular weight is 673 g/mol. The van der Waals surface area contributed by atoms with Gasteiger partial charge in [0.05, 0.1) is 33.0 Å². The first-order valence-corrected chi connectivity index (χ1v) is 17.7. The number of methoxy groups -OCH3 is 1. The van der Waals surface area contributed by atoms with Crippen molar-refractivity contribution in [1.82, 2.24) is 0 Å². The van der Waals surface area contributed by atoms with Crippen molar-refractivity contribution in [3.05, 3.63) is 53.3 Å². The maximum absolute atomic E-state index is 14.3. The molecule has 0 aliphatic heterocycles. The summed E-state index contributed by atoms with van der Waals surface area (Å²) in [5, 5.41) is 0. The van der Waals surface area contributed by atoms with Gasteiger partial charge in [-0.15, -0.1) is 0 Å². The largest absolute Gasteiger partial charge is 0.493 e. The number of ketones is 1. The number of rotatable bonds is 22. The van der Waals surface area contributed by atoms with Gasteiger partial charge in [-0.25, -0.2) is 0 Å². The molecule has 0 heterocycles. The van der Waals surface area contributed by atoms with E-state index in [-0.39, 0.29) is 29.5 Å². The molecule has 0 radical (unpaired) electrons. The molecule has 0 fully saturated rings. The second-order valence-electron chi connectivity index (χ2n) is 15.2. The highest BCUT2D eigenvalue weighted by Crippen LogP contribution is 2.40. The van der Waals surface area contributed by atoms with E-state index in [4.69, 9.17) is 33.2 Å². The van der Waals surface area contributed by atoms with Crippen LogP contribution in [0, 0.1) is 35.5 Å². The van der Waals surface area contributed by atoms with E-state index >= 15 is 0 Å². The zero-order chi connectivity index (χ0) is 36.0. The van der Waals surface area contributed by atoms with Crippen LogP contribution in [-0.2, 0) is 18.9 Å². The lowest BCUT2D eigenvalue weighted by atomic mass is 9.92. The van der Waals surface area contributed by atoms with Gasteiger partial charge in [0.2, 0.25) is 5.79 Å². The van der Waals surface area contributed by atoms with Gasteiger partial charge in [-0.2, -0.15) is 0 Å². The lowest BCUT2D eigenvalue weighted by Gasteiger charge is -2.40. The summed E-state index contributed by atoms with van der Waals surface area (Å²) in [6, 6.07) is 3.63. The van der Waals surface area contributed by atoms with Crippen molar-refractivity contribution < 1.29 is 38.0 Å². The molecule has 0 aromatic heterocycles. The van der Waals surface area contributed by atoms with E-state index in [0.717, 1.165) is 0 Å². The second kappa shape index (κ2) is 20.0. The predicted octanol–water partition coefficient (Wildman–Crippen LogP) is 9.08. The Kier molecular flexibility index (Phi) is 17.2. The van der Waals surface area contributed by atoms with Crippen molar-refractivity contribution >= 4 is 5.78 Å². The molecule has 0 amide bonds. The summed E-state index contributed by atoms with van der Waals surface area (Å²) in [6.45, 7) is 27.7. The minimum atomic E-state index is -1.26. The monoisotopic (exact) mass is 672 g/mol. The fraction of sp³-hybridized carbons (Fsp3) is 0.675. The van der Waals surface area contributed by atoms with Crippen LogP contribution >= 0.6 is 0 Å². The predicted molar refractivity (Wildman–Crippen MR) is 193 cm³/mol. The molecule has 8 heteroatoms. The van der Waals surface area contributed by atoms with Gasteiger partial charge < -0.3 is 33.2 Å². The number of benzene rings is 1. The minimum absolute atomic E-state index is 0.233. The fourth-order valence-corrected chi connectivity index (χ4v) is 4.58. The van der Waals surface area contributed by atoms with Crippen LogP contribution in [0.25, 0.3) is 0 Å². The molecule has 1 aromatic carbocycles. The van der Waals surface area contributed by atoms with Crippen molar-refractivity contribution in [2.24, 2.45) is 35.5 Å². The molecule has 1 aliphatic carbocycles. The Balaban J connectivity index is 2.72. The molecule has 48 heavy (non-hydrogen) atoms. The van der Waals surface area contributed by atoms with Crippen molar-refractivity contribution in [2.45, 2.75) is 95.0 Å². The van der Waals surface area contributed by atoms with Gasteiger partial charge in [0.25, 0.3) is 0 Å². The van der Waals surface area contributed by atoms with Crippen molar-refractivity contribution in [3.8, 4) is 17.2 Å². The van der Waals surface area contributed by atoms with Gasteiger partial charge in [0.1, 0.15) is 23.2 Å². The first-order valence-electron chi connectivity index (χ1n) is 17.7. The van der Waals surface area contributed by atoms with E-state index in [2.05, 4.69) is 83.1 Å². The Bertz CT molecular complexity index is 1220. The number of ether oxygens (including phenoxy) is 7. The molecule has 0 saturated heterocycles. The number of hydrogen-bond donors (Lipinski definition) is 0. The quantitative estimate of drug-likeness (QED) is 0.0686. The van der Waals surface area contributed by atoms with E-state index in [0.29, 0.717) is 85.6 Å². The van der Waals surface area contributed by atoms with E-state index in [1.54, 1.807) is 19.3 Å². The van der Waals surface area contributed by atoms with E-state index in [9.17, 15) is 4.79 Å². The summed E-state index contributed by atoms with van der Waals surface area (Å²) in [5.74, 6) is 2.01. The van der Waals surface area contributed by atoms with Gasteiger partial charge in [-0.3, -0.25) is 4.79 Å². The Morgan fingerprint density at radius 3 is 1.73 bits per heavy atom. The lowest BCUT2D eigenvalue weighted by Crippen LogP contribution is -2.50. The van der Waals surface area contributed by atoms with Crippen LogP contribution in [0.5, 0.6) is 17.2 Å². The van der Waals surface area contributed by atoms with E-state index in [1.807, 2.05) is 18.2 Å². The standard InChI is InChI=1S/C40H64O8/c1-26(2)20-43-33-18-32(39(47-24-30(9)10)40(19-33,42-13)48-25-31(11)12)14-15-34(41)37-35(44-21-27(3)4)16-17-36(45-22-28(5)6)38(37)46-23-29(7)8/h14-19,26-31,39H,20-25H2,1-13H3/b15-14+. The number of allylic oxidation sites excluding steroid dienone is 2. The molecule has 272 valence electrons. The van der Waals surface area contributed by atoms with Crippen molar-refractivity contribution in [1.29, 1.82) is 0 Å². The molecule has 8 nitrogen and oxygen atoms in total. The third-order valence-electron chi connectivity index (χ3n) is 6.92. The molecule has 1 aromatic rings. The van der Waals surface area contributed by atoms with Gasteiger partial charge in [-0.1, -0.05) is 89.2 Å². The fourth-order valence-electron chi connectivity index (χ4n) is 4.58. The van der Waals surface area contributed by atoms with Crippen molar-refractivity contribution in [3.63, 3.8) is 0 Å². The highest BCUT2D eigenvalue weighted by Gasteiger charge is 2.45. The maximum Gasteiger partial charge on any atom is 0.222 e. The van der Waals surface area contributed by atoms with Crippen LogP contribution in [-0.4, -0.2) is 64.4 Å². The molecule has 0 spiro atoms. The molecule has 0 bridgehead atoms. The highest BCUT2D eigenvalue weighted by atomic mass is 16.7. The van der Waals surface area contributed by atoms with Crippen LogP contribution in [0.2, 0.25) is 0 Å². The molecule has 0 N–H and O–H groups in total. The van der Waals surface area contributed by atoms with Gasteiger partial charge in [0.15, 0.2) is 17.3 Å². The molecule has 0 saturated carbocycles. The van der Waals surface area contributed by atoms with E-state index < -0.39 is 11.9 Å². The molecule has 1 aliphatic rings.